The highest BCUT2D eigenvalue weighted by Crippen LogP contribution is 2.42. The molecule has 5 nitrogen and oxygen atoms in total. The second-order valence-electron chi connectivity index (χ2n) is 5.26. The average molecular weight is 328 g/mol. The summed E-state index contributed by atoms with van der Waals surface area (Å²) in [4.78, 5) is 0. The van der Waals surface area contributed by atoms with Crippen LogP contribution in [0.15, 0.2) is 36.4 Å². The van der Waals surface area contributed by atoms with Crippen molar-refractivity contribution < 1.29 is 23.7 Å². The largest absolute Gasteiger partial charge is 0.497 e. The maximum absolute atomic E-state index is 6.11. The lowest BCUT2D eigenvalue weighted by atomic mass is 10.0. The highest BCUT2D eigenvalue weighted by Gasteiger charge is 2.21. The molecular formula is C19H20O5. The van der Waals surface area contributed by atoms with Gasteiger partial charge in [-0.3, -0.25) is 0 Å². The predicted molar refractivity (Wildman–Crippen MR) is 91.5 cm³/mol. The third-order valence-electron chi connectivity index (χ3n) is 3.94. The molecule has 126 valence electrons. The Morgan fingerprint density at radius 2 is 1.54 bits per heavy atom. The number of rotatable bonds is 5. The summed E-state index contributed by atoms with van der Waals surface area (Å²) >= 11 is 0. The van der Waals surface area contributed by atoms with Crippen LogP contribution in [0.4, 0.5) is 0 Å². The number of hydrogen-bond donors (Lipinski definition) is 0. The molecule has 0 saturated heterocycles. The lowest BCUT2D eigenvalue weighted by Crippen LogP contribution is -2.10. The Kier molecular flexibility index (Phi) is 4.51. The van der Waals surface area contributed by atoms with E-state index in [9.17, 15) is 0 Å². The zero-order valence-electron chi connectivity index (χ0n) is 14.2. The third-order valence-corrected chi connectivity index (χ3v) is 3.94. The molecule has 0 radical (unpaired) electrons. The molecule has 0 spiro atoms. The second-order valence-corrected chi connectivity index (χ2v) is 5.26. The van der Waals surface area contributed by atoms with Crippen LogP contribution in [-0.4, -0.2) is 28.4 Å². The van der Waals surface area contributed by atoms with Crippen LogP contribution in [0.3, 0.4) is 0 Å². The first-order chi connectivity index (χ1) is 11.7. The minimum absolute atomic E-state index is 0.252. The molecule has 24 heavy (non-hydrogen) atoms. The predicted octanol–water partition coefficient (Wildman–Crippen LogP) is 3.87. The van der Waals surface area contributed by atoms with Gasteiger partial charge in [0, 0.05) is 17.2 Å². The molecule has 2 aromatic carbocycles. The molecule has 2 aromatic rings. The van der Waals surface area contributed by atoms with Gasteiger partial charge in [0.1, 0.15) is 17.6 Å². The maximum Gasteiger partial charge on any atom is 0.203 e. The van der Waals surface area contributed by atoms with E-state index in [4.69, 9.17) is 23.7 Å². The fourth-order valence-electron chi connectivity index (χ4n) is 2.69. The Labute approximate surface area is 141 Å². The van der Waals surface area contributed by atoms with Crippen molar-refractivity contribution in [3.05, 3.63) is 47.5 Å². The first-order valence-corrected chi connectivity index (χ1v) is 7.53. The van der Waals surface area contributed by atoms with Gasteiger partial charge in [0.2, 0.25) is 5.75 Å². The summed E-state index contributed by atoms with van der Waals surface area (Å²) in [5, 5.41) is 0. The molecule has 0 fully saturated rings. The van der Waals surface area contributed by atoms with Gasteiger partial charge in [0.25, 0.3) is 0 Å². The number of benzene rings is 2. The summed E-state index contributed by atoms with van der Waals surface area (Å²) < 4.78 is 27.6. The van der Waals surface area contributed by atoms with E-state index >= 15 is 0 Å². The summed E-state index contributed by atoms with van der Waals surface area (Å²) in [6.45, 7) is 0. The van der Waals surface area contributed by atoms with Crippen LogP contribution in [0, 0.1) is 0 Å². The van der Waals surface area contributed by atoms with Crippen molar-refractivity contribution in [1.29, 1.82) is 0 Å². The molecule has 0 aromatic heterocycles. The molecule has 0 amide bonds. The van der Waals surface area contributed by atoms with Crippen molar-refractivity contribution in [2.75, 3.05) is 28.4 Å². The summed E-state index contributed by atoms with van der Waals surface area (Å²) in [5.41, 5.74) is 1.92. The van der Waals surface area contributed by atoms with Crippen LogP contribution in [0.1, 0.15) is 17.2 Å². The van der Waals surface area contributed by atoms with Crippen LogP contribution in [0.2, 0.25) is 0 Å². The Balaban J connectivity index is 1.98. The molecule has 1 atom stereocenters. The van der Waals surface area contributed by atoms with E-state index in [-0.39, 0.29) is 6.10 Å². The van der Waals surface area contributed by atoms with Crippen LogP contribution < -0.4 is 23.7 Å². The second kappa shape index (κ2) is 6.74. The number of methoxy groups -OCH3 is 4. The summed E-state index contributed by atoms with van der Waals surface area (Å²) in [6, 6.07) is 9.54. The van der Waals surface area contributed by atoms with Gasteiger partial charge in [-0.05, 0) is 30.3 Å². The fraction of sp³-hybridized carbons (Fsp3) is 0.263. The van der Waals surface area contributed by atoms with E-state index in [1.165, 1.54) is 0 Å². The van der Waals surface area contributed by atoms with E-state index < -0.39 is 0 Å². The van der Waals surface area contributed by atoms with Crippen molar-refractivity contribution in [1.82, 2.24) is 0 Å². The van der Waals surface area contributed by atoms with E-state index in [0.717, 1.165) is 22.6 Å². The van der Waals surface area contributed by atoms with Crippen molar-refractivity contribution in [3.63, 3.8) is 0 Å². The van der Waals surface area contributed by atoms with Gasteiger partial charge < -0.3 is 23.7 Å². The fourth-order valence-corrected chi connectivity index (χ4v) is 2.69. The van der Waals surface area contributed by atoms with Gasteiger partial charge in [-0.25, -0.2) is 0 Å². The molecule has 0 saturated carbocycles. The minimum Gasteiger partial charge on any atom is -0.497 e. The molecule has 5 heteroatoms. The van der Waals surface area contributed by atoms with E-state index in [1.807, 2.05) is 42.5 Å². The molecule has 1 heterocycles. The van der Waals surface area contributed by atoms with Crippen LogP contribution in [-0.2, 0) is 0 Å². The molecule has 1 aliphatic heterocycles. The van der Waals surface area contributed by atoms with Crippen LogP contribution in [0.25, 0.3) is 6.08 Å². The average Bonchev–Trinajstić information content (AvgIpc) is 2.65. The topological polar surface area (TPSA) is 46.2 Å². The number of hydrogen-bond acceptors (Lipinski definition) is 5. The van der Waals surface area contributed by atoms with Gasteiger partial charge in [0.05, 0.1) is 28.4 Å². The molecule has 3 rings (SSSR count). The number of fused-ring (bicyclic) bond motifs is 1. The summed E-state index contributed by atoms with van der Waals surface area (Å²) in [6.07, 6.45) is 3.78. The van der Waals surface area contributed by atoms with Crippen LogP contribution >= 0.6 is 0 Å². The molecule has 1 unspecified atom stereocenters. The summed E-state index contributed by atoms with van der Waals surface area (Å²) in [5.74, 6) is 3.29. The first kappa shape index (κ1) is 16.1. The standard InChI is InChI=1S/C19H20O5/c1-20-14-7-5-12-6-8-15(24-16(12)11-14)13-9-17(21-2)19(23-4)18(10-13)22-3/h5-11,15H,1-4H3. The smallest absolute Gasteiger partial charge is 0.203 e. The van der Waals surface area contributed by atoms with Gasteiger partial charge >= 0.3 is 0 Å². The van der Waals surface area contributed by atoms with E-state index in [2.05, 4.69) is 0 Å². The van der Waals surface area contributed by atoms with Crippen molar-refractivity contribution in [3.8, 4) is 28.7 Å². The lowest BCUT2D eigenvalue weighted by molar-refractivity contribution is 0.248. The molecule has 0 aliphatic carbocycles. The highest BCUT2D eigenvalue weighted by molar-refractivity contribution is 5.63. The maximum atomic E-state index is 6.11. The van der Waals surface area contributed by atoms with Gasteiger partial charge in [0.15, 0.2) is 11.5 Å². The molecule has 1 aliphatic rings. The minimum atomic E-state index is -0.252. The zero-order chi connectivity index (χ0) is 17.1. The Bertz CT molecular complexity index is 741. The highest BCUT2D eigenvalue weighted by atomic mass is 16.5. The van der Waals surface area contributed by atoms with Gasteiger partial charge in [-0.1, -0.05) is 6.08 Å². The quantitative estimate of drug-likeness (QED) is 0.834. The van der Waals surface area contributed by atoms with Gasteiger partial charge in [-0.15, -0.1) is 0 Å². The van der Waals surface area contributed by atoms with Crippen LogP contribution in [0.5, 0.6) is 28.7 Å². The first-order valence-electron chi connectivity index (χ1n) is 7.53. The molecule has 0 bridgehead atoms. The van der Waals surface area contributed by atoms with Crippen molar-refractivity contribution in [2.45, 2.75) is 6.10 Å². The zero-order valence-corrected chi connectivity index (χ0v) is 14.2. The van der Waals surface area contributed by atoms with Crippen molar-refractivity contribution >= 4 is 6.08 Å². The summed E-state index contributed by atoms with van der Waals surface area (Å²) in [7, 11) is 6.41. The molecule has 0 N–H and O–H groups in total. The van der Waals surface area contributed by atoms with E-state index in [1.54, 1.807) is 28.4 Å². The Morgan fingerprint density at radius 1 is 0.833 bits per heavy atom. The monoisotopic (exact) mass is 328 g/mol. The van der Waals surface area contributed by atoms with E-state index in [0.29, 0.717) is 17.2 Å². The number of ether oxygens (including phenoxy) is 5. The van der Waals surface area contributed by atoms with Crippen molar-refractivity contribution in [2.24, 2.45) is 0 Å². The Hall–Kier alpha value is -2.82. The third kappa shape index (κ3) is 2.85. The Morgan fingerprint density at radius 3 is 2.12 bits per heavy atom. The normalized spacial score (nSPS) is 15.2. The lowest BCUT2D eigenvalue weighted by Gasteiger charge is -2.23. The molecular weight excluding hydrogens is 308 g/mol. The van der Waals surface area contributed by atoms with Gasteiger partial charge in [-0.2, -0.15) is 0 Å². The SMILES string of the molecule is COc1ccc2c(c1)OC(c1cc(OC)c(OC)c(OC)c1)C=C2.